The van der Waals surface area contributed by atoms with E-state index in [0.29, 0.717) is 10.4 Å². The van der Waals surface area contributed by atoms with Gasteiger partial charge in [-0.3, -0.25) is 4.99 Å². The lowest BCUT2D eigenvalue weighted by molar-refractivity contribution is 1.12. The molecule has 0 aliphatic heterocycles. The van der Waals surface area contributed by atoms with Crippen LogP contribution in [0.15, 0.2) is 59.7 Å². The van der Waals surface area contributed by atoms with E-state index >= 15 is 0 Å². The van der Waals surface area contributed by atoms with Gasteiger partial charge in [-0.05, 0) is 59.4 Å². The first-order chi connectivity index (χ1) is 11.8. The van der Waals surface area contributed by atoms with Gasteiger partial charge in [0, 0.05) is 24.3 Å². The molecule has 0 saturated heterocycles. The van der Waals surface area contributed by atoms with E-state index in [2.05, 4.69) is 43.2 Å². The van der Waals surface area contributed by atoms with E-state index in [0.717, 1.165) is 22.6 Å². The summed E-state index contributed by atoms with van der Waals surface area (Å²) in [5, 5.41) is 10.1. The van der Waals surface area contributed by atoms with Gasteiger partial charge in [0.25, 0.3) is 0 Å². The molecule has 0 bridgehead atoms. The zero-order valence-electron chi connectivity index (χ0n) is 12.9. The average Bonchev–Trinajstić information content (AvgIpc) is 3.27. The van der Waals surface area contributed by atoms with Crippen molar-refractivity contribution in [1.82, 2.24) is 13.9 Å². The summed E-state index contributed by atoms with van der Waals surface area (Å²) in [7, 11) is 1.74. The Morgan fingerprint density at radius 1 is 1.17 bits per heavy atom. The minimum atomic E-state index is 0.633. The topological polar surface area (TPSA) is 69.8 Å². The molecule has 24 heavy (non-hydrogen) atoms. The third kappa shape index (κ3) is 2.41. The lowest BCUT2D eigenvalue weighted by Crippen LogP contribution is -1.96. The Kier molecular flexibility index (Phi) is 3.48. The van der Waals surface area contributed by atoms with Crippen molar-refractivity contribution in [2.45, 2.75) is 0 Å². The molecule has 0 radical (unpaired) electrons. The maximum absolute atomic E-state index is 8.97. The molecule has 5 nitrogen and oxygen atoms in total. The van der Waals surface area contributed by atoms with Gasteiger partial charge in [0.15, 0.2) is 5.82 Å². The molecule has 0 spiro atoms. The Morgan fingerprint density at radius 3 is 2.75 bits per heavy atom. The number of H-pyrrole nitrogens is 1. The second-order valence-electron chi connectivity index (χ2n) is 5.27. The van der Waals surface area contributed by atoms with Crippen molar-refractivity contribution in [3.8, 4) is 23.1 Å². The zero-order valence-corrected chi connectivity index (χ0v) is 13.7. The van der Waals surface area contributed by atoms with Gasteiger partial charge >= 0.3 is 0 Å². The molecule has 0 aliphatic carbocycles. The first-order valence-electron chi connectivity index (χ1n) is 7.40. The number of nitrogens with one attached hydrogen (secondary N) is 1. The van der Waals surface area contributed by atoms with Crippen molar-refractivity contribution in [2.75, 3.05) is 7.05 Å². The SMILES string of the molecule is CN=c1nc(-c2ccc(C#N)cc2)n(-c2ccc3cc[nH]c3c2)s1. The highest BCUT2D eigenvalue weighted by atomic mass is 32.1. The first kappa shape index (κ1) is 14.4. The molecule has 2 aromatic heterocycles. The number of nitrogens with zero attached hydrogens (tertiary/aromatic N) is 4. The molecule has 0 amide bonds. The van der Waals surface area contributed by atoms with Crippen LogP contribution in [0.1, 0.15) is 5.56 Å². The summed E-state index contributed by atoms with van der Waals surface area (Å²) < 4.78 is 2.06. The molecule has 0 fully saturated rings. The van der Waals surface area contributed by atoms with E-state index in [4.69, 9.17) is 5.26 Å². The highest BCUT2D eigenvalue weighted by molar-refractivity contribution is 7.04. The second kappa shape index (κ2) is 5.80. The van der Waals surface area contributed by atoms with Crippen LogP contribution >= 0.6 is 11.5 Å². The molecule has 0 saturated carbocycles. The predicted octanol–water partition coefficient (Wildman–Crippen LogP) is 3.48. The summed E-state index contributed by atoms with van der Waals surface area (Å²) in [6.07, 6.45) is 1.93. The normalized spacial score (nSPS) is 11.8. The van der Waals surface area contributed by atoms with Crippen molar-refractivity contribution < 1.29 is 0 Å². The number of aromatic amines is 1. The Morgan fingerprint density at radius 2 is 2.00 bits per heavy atom. The van der Waals surface area contributed by atoms with Crippen LogP contribution in [0.4, 0.5) is 0 Å². The standard InChI is InChI=1S/C18H13N5S/c1-20-18-22-17(14-4-2-12(11-19)3-5-14)23(24-18)15-7-6-13-8-9-21-16(13)10-15/h2-10,21H,1H3. The monoisotopic (exact) mass is 331 g/mol. The first-order valence-corrected chi connectivity index (χ1v) is 8.17. The van der Waals surface area contributed by atoms with Crippen molar-refractivity contribution in [3.63, 3.8) is 0 Å². The van der Waals surface area contributed by atoms with Crippen LogP contribution in [0.25, 0.3) is 28.0 Å². The van der Waals surface area contributed by atoms with Crippen LogP contribution < -0.4 is 4.80 Å². The Hall–Kier alpha value is -3.17. The summed E-state index contributed by atoms with van der Waals surface area (Å²) >= 11 is 1.49. The summed E-state index contributed by atoms with van der Waals surface area (Å²) in [5.41, 5.74) is 3.69. The molecule has 6 heteroatoms. The number of aromatic nitrogens is 3. The number of hydrogen-bond acceptors (Lipinski definition) is 4. The molecule has 4 rings (SSSR count). The van der Waals surface area contributed by atoms with Crippen molar-refractivity contribution in [3.05, 3.63) is 65.1 Å². The third-order valence-corrected chi connectivity index (χ3v) is 4.81. The van der Waals surface area contributed by atoms with Gasteiger partial charge in [-0.15, -0.1) is 0 Å². The Balaban J connectivity index is 1.91. The third-order valence-electron chi connectivity index (χ3n) is 3.80. The molecular weight excluding hydrogens is 318 g/mol. The van der Waals surface area contributed by atoms with Crippen molar-refractivity contribution in [2.24, 2.45) is 4.99 Å². The van der Waals surface area contributed by atoms with Gasteiger partial charge in [-0.1, -0.05) is 6.07 Å². The summed E-state index contributed by atoms with van der Waals surface area (Å²) in [6, 6.07) is 17.9. The smallest absolute Gasteiger partial charge is 0.222 e. The van der Waals surface area contributed by atoms with E-state index < -0.39 is 0 Å². The zero-order chi connectivity index (χ0) is 16.5. The minimum Gasteiger partial charge on any atom is -0.361 e. The van der Waals surface area contributed by atoms with Crippen molar-refractivity contribution in [1.29, 1.82) is 5.26 Å². The maximum atomic E-state index is 8.97. The number of benzene rings is 2. The van der Waals surface area contributed by atoms with E-state index in [1.165, 1.54) is 16.9 Å². The summed E-state index contributed by atoms with van der Waals surface area (Å²) in [6.45, 7) is 0. The van der Waals surface area contributed by atoms with Crippen LogP contribution in [-0.4, -0.2) is 21.0 Å². The highest BCUT2D eigenvalue weighted by Crippen LogP contribution is 2.25. The van der Waals surface area contributed by atoms with E-state index in [9.17, 15) is 0 Å². The fourth-order valence-electron chi connectivity index (χ4n) is 2.58. The van der Waals surface area contributed by atoms with Gasteiger partial charge in [0.1, 0.15) is 0 Å². The Bertz CT molecular complexity index is 1120. The van der Waals surface area contributed by atoms with E-state index in [1.54, 1.807) is 19.2 Å². The molecular formula is C18H13N5S. The summed E-state index contributed by atoms with van der Waals surface area (Å²) in [4.78, 5) is 12.8. The predicted molar refractivity (Wildman–Crippen MR) is 94.9 cm³/mol. The van der Waals surface area contributed by atoms with Crippen LogP contribution in [0.2, 0.25) is 0 Å². The van der Waals surface area contributed by atoms with Crippen molar-refractivity contribution >= 4 is 22.4 Å². The van der Waals surface area contributed by atoms with Crippen LogP contribution in [0, 0.1) is 11.3 Å². The van der Waals surface area contributed by atoms with E-state index in [-0.39, 0.29) is 0 Å². The van der Waals surface area contributed by atoms with Gasteiger partial charge in [0.2, 0.25) is 4.80 Å². The van der Waals surface area contributed by atoms with Crippen LogP contribution in [0.3, 0.4) is 0 Å². The van der Waals surface area contributed by atoms with Gasteiger partial charge < -0.3 is 4.98 Å². The quantitative estimate of drug-likeness (QED) is 0.611. The molecule has 2 heterocycles. The largest absolute Gasteiger partial charge is 0.361 e. The number of fused-ring (bicyclic) bond motifs is 1. The van der Waals surface area contributed by atoms with Crippen LogP contribution in [0.5, 0.6) is 0 Å². The van der Waals surface area contributed by atoms with Crippen LogP contribution in [-0.2, 0) is 0 Å². The number of nitriles is 1. The fraction of sp³-hybridized carbons (Fsp3) is 0.0556. The number of hydrogen-bond donors (Lipinski definition) is 1. The molecule has 2 aromatic carbocycles. The summed E-state index contributed by atoms with van der Waals surface area (Å²) in [5.74, 6) is 0.816. The highest BCUT2D eigenvalue weighted by Gasteiger charge is 2.11. The minimum absolute atomic E-state index is 0.633. The molecule has 1 N–H and O–H groups in total. The average molecular weight is 331 g/mol. The van der Waals surface area contributed by atoms with Gasteiger partial charge in [0.05, 0.1) is 17.3 Å². The lowest BCUT2D eigenvalue weighted by Gasteiger charge is -2.07. The second-order valence-corrected chi connectivity index (χ2v) is 6.18. The Labute approximate surface area is 142 Å². The molecule has 0 atom stereocenters. The van der Waals surface area contributed by atoms with E-state index in [1.807, 2.05) is 24.4 Å². The molecule has 0 aliphatic rings. The lowest BCUT2D eigenvalue weighted by atomic mass is 10.1. The molecule has 4 aromatic rings. The fourth-order valence-corrected chi connectivity index (χ4v) is 3.41. The molecule has 116 valence electrons. The van der Waals surface area contributed by atoms with Gasteiger partial charge in [-0.2, -0.15) is 10.2 Å². The maximum Gasteiger partial charge on any atom is 0.222 e. The molecule has 0 unspecified atom stereocenters. The van der Waals surface area contributed by atoms with Gasteiger partial charge in [-0.25, -0.2) is 3.96 Å². The number of rotatable bonds is 2.